The average Bonchev–Trinajstić information content (AvgIpc) is 2.19. The van der Waals surface area contributed by atoms with Crippen LogP contribution in [0, 0.1) is 11.3 Å². The van der Waals surface area contributed by atoms with Gasteiger partial charge in [0.15, 0.2) is 0 Å². The molecule has 2 aromatic rings. The second-order valence-electron chi connectivity index (χ2n) is 2.80. The van der Waals surface area contributed by atoms with Gasteiger partial charge in [-0.3, -0.25) is 0 Å². The number of rotatable bonds is 0. The van der Waals surface area contributed by atoms with Crippen LogP contribution >= 0.6 is 11.6 Å². The van der Waals surface area contributed by atoms with Crippen molar-refractivity contribution in [1.29, 1.82) is 5.26 Å². The molecule has 2 rings (SSSR count). The van der Waals surface area contributed by atoms with E-state index in [9.17, 15) is 5.11 Å². The molecule has 14 heavy (non-hydrogen) atoms. The molecule has 0 fully saturated rings. The van der Waals surface area contributed by atoms with Crippen LogP contribution in [0.1, 0.15) is 5.56 Å². The van der Waals surface area contributed by atoms with Gasteiger partial charge in [-0.2, -0.15) is 5.26 Å². The number of fused-ring (bicyclic) bond motifs is 1. The van der Waals surface area contributed by atoms with E-state index in [1.807, 2.05) is 6.07 Å². The van der Waals surface area contributed by atoms with E-state index in [4.69, 9.17) is 16.9 Å². The summed E-state index contributed by atoms with van der Waals surface area (Å²) in [5.74, 6) is -0.0742. The summed E-state index contributed by atoms with van der Waals surface area (Å²) in [5.41, 5.74) is 0.236. The number of pyridine rings is 1. The van der Waals surface area contributed by atoms with E-state index in [0.717, 1.165) is 5.39 Å². The van der Waals surface area contributed by atoms with Crippen LogP contribution in [0.15, 0.2) is 24.4 Å². The Hall–Kier alpha value is -1.79. The van der Waals surface area contributed by atoms with Crippen molar-refractivity contribution in [3.63, 3.8) is 0 Å². The lowest BCUT2D eigenvalue weighted by Crippen LogP contribution is -1.82. The number of hydrogen-bond acceptors (Lipinski definition) is 3. The molecule has 0 bridgehead atoms. The van der Waals surface area contributed by atoms with Crippen LogP contribution in [0.4, 0.5) is 0 Å². The molecule has 0 unspecified atom stereocenters. The molecular weight excluding hydrogens is 200 g/mol. The Bertz CT molecular complexity index is 546. The summed E-state index contributed by atoms with van der Waals surface area (Å²) in [6, 6.07) is 6.66. The summed E-state index contributed by atoms with van der Waals surface area (Å²) in [4.78, 5) is 3.88. The highest BCUT2D eigenvalue weighted by Crippen LogP contribution is 2.27. The summed E-state index contributed by atoms with van der Waals surface area (Å²) in [7, 11) is 0. The maximum atomic E-state index is 9.42. The Labute approximate surface area is 85.2 Å². The van der Waals surface area contributed by atoms with E-state index in [2.05, 4.69) is 4.98 Å². The molecule has 0 aliphatic heterocycles. The smallest absolute Gasteiger partial charge is 0.136 e. The zero-order valence-electron chi connectivity index (χ0n) is 7.03. The zero-order valence-corrected chi connectivity index (χ0v) is 7.78. The van der Waals surface area contributed by atoms with Crippen molar-refractivity contribution >= 4 is 22.4 Å². The normalized spacial score (nSPS) is 10.0. The van der Waals surface area contributed by atoms with Crippen molar-refractivity contribution in [1.82, 2.24) is 4.98 Å². The van der Waals surface area contributed by atoms with Crippen molar-refractivity contribution in [3.8, 4) is 11.8 Å². The minimum Gasteiger partial charge on any atom is -0.507 e. The fraction of sp³-hybridized carbons (Fsp3) is 0. The molecule has 0 aliphatic rings. The Morgan fingerprint density at radius 3 is 2.93 bits per heavy atom. The first-order chi connectivity index (χ1) is 6.72. The van der Waals surface area contributed by atoms with Gasteiger partial charge in [-0.25, -0.2) is 4.98 Å². The lowest BCUT2D eigenvalue weighted by molar-refractivity contribution is 0.474. The monoisotopic (exact) mass is 204 g/mol. The standard InChI is InChI=1S/C10H5ClN2O/c11-10-8-4-9(14)7(5-12)3-6(8)1-2-13-10/h1-4,14H. The zero-order chi connectivity index (χ0) is 10.1. The number of nitriles is 1. The molecule has 0 amide bonds. The average molecular weight is 205 g/mol. The molecule has 0 atom stereocenters. The molecule has 4 heteroatoms. The number of hydrogen-bond donors (Lipinski definition) is 1. The van der Waals surface area contributed by atoms with Crippen LogP contribution < -0.4 is 0 Å². The summed E-state index contributed by atoms with van der Waals surface area (Å²) in [6.45, 7) is 0. The van der Waals surface area contributed by atoms with Gasteiger partial charge in [-0.05, 0) is 23.6 Å². The summed E-state index contributed by atoms with van der Waals surface area (Å²) >= 11 is 5.82. The topological polar surface area (TPSA) is 56.9 Å². The molecule has 0 saturated carbocycles. The highest BCUT2D eigenvalue weighted by Gasteiger charge is 2.05. The molecule has 1 aromatic heterocycles. The fourth-order valence-electron chi connectivity index (χ4n) is 1.26. The molecule has 68 valence electrons. The van der Waals surface area contributed by atoms with Gasteiger partial charge in [0.05, 0.1) is 5.56 Å². The van der Waals surface area contributed by atoms with Gasteiger partial charge in [0.25, 0.3) is 0 Å². The molecule has 0 saturated heterocycles. The number of phenolic OH excluding ortho intramolecular Hbond substituents is 1. The van der Waals surface area contributed by atoms with Gasteiger partial charge >= 0.3 is 0 Å². The number of halogens is 1. The number of nitrogens with zero attached hydrogens (tertiary/aromatic N) is 2. The molecule has 0 radical (unpaired) electrons. The van der Waals surface area contributed by atoms with Crippen molar-refractivity contribution in [2.45, 2.75) is 0 Å². The summed E-state index contributed by atoms with van der Waals surface area (Å²) < 4.78 is 0. The maximum Gasteiger partial charge on any atom is 0.136 e. The number of aromatic hydroxyl groups is 1. The van der Waals surface area contributed by atoms with E-state index >= 15 is 0 Å². The van der Waals surface area contributed by atoms with Crippen molar-refractivity contribution in [2.24, 2.45) is 0 Å². The number of phenols is 1. The quantitative estimate of drug-likeness (QED) is 0.671. The first kappa shape index (κ1) is 8.79. The highest BCUT2D eigenvalue weighted by atomic mass is 35.5. The first-order valence-corrected chi connectivity index (χ1v) is 4.27. The third kappa shape index (κ3) is 1.26. The van der Waals surface area contributed by atoms with E-state index in [0.29, 0.717) is 10.5 Å². The van der Waals surface area contributed by atoms with Crippen LogP contribution in [0.2, 0.25) is 5.15 Å². The molecular formula is C10H5ClN2O. The first-order valence-electron chi connectivity index (χ1n) is 3.89. The lowest BCUT2D eigenvalue weighted by Gasteiger charge is -2.01. The lowest BCUT2D eigenvalue weighted by atomic mass is 10.1. The van der Waals surface area contributed by atoms with Gasteiger partial charge in [0.1, 0.15) is 17.0 Å². The van der Waals surface area contributed by atoms with Gasteiger partial charge in [0, 0.05) is 11.6 Å². The number of aromatic nitrogens is 1. The van der Waals surface area contributed by atoms with Crippen molar-refractivity contribution in [2.75, 3.05) is 0 Å². The van der Waals surface area contributed by atoms with Crippen LogP contribution in [0.5, 0.6) is 5.75 Å². The Kier molecular flexibility index (Phi) is 1.99. The van der Waals surface area contributed by atoms with Crippen LogP contribution in [-0.4, -0.2) is 10.1 Å². The molecule has 3 nitrogen and oxygen atoms in total. The predicted octanol–water partition coefficient (Wildman–Crippen LogP) is 2.47. The Morgan fingerprint density at radius 2 is 2.21 bits per heavy atom. The molecule has 1 aromatic carbocycles. The highest BCUT2D eigenvalue weighted by molar-refractivity contribution is 6.34. The third-order valence-electron chi connectivity index (χ3n) is 1.95. The number of benzene rings is 1. The SMILES string of the molecule is N#Cc1cc2ccnc(Cl)c2cc1O. The minimum atomic E-state index is -0.0742. The van der Waals surface area contributed by atoms with E-state index in [1.54, 1.807) is 18.3 Å². The second-order valence-corrected chi connectivity index (χ2v) is 3.16. The van der Waals surface area contributed by atoms with Gasteiger partial charge < -0.3 is 5.11 Å². The van der Waals surface area contributed by atoms with Gasteiger partial charge in [-0.1, -0.05) is 11.6 Å². The Morgan fingerprint density at radius 1 is 1.43 bits per heavy atom. The summed E-state index contributed by atoms with van der Waals surface area (Å²) in [6.07, 6.45) is 1.56. The largest absolute Gasteiger partial charge is 0.507 e. The fourth-order valence-corrected chi connectivity index (χ4v) is 1.48. The Balaban J connectivity index is 2.88. The van der Waals surface area contributed by atoms with Crippen molar-refractivity contribution in [3.05, 3.63) is 35.1 Å². The van der Waals surface area contributed by atoms with E-state index in [1.165, 1.54) is 6.07 Å². The van der Waals surface area contributed by atoms with Gasteiger partial charge in [-0.15, -0.1) is 0 Å². The van der Waals surface area contributed by atoms with E-state index < -0.39 is 0 Å². The maximum absolute atomic E-state index is 9.42. The predicted molar refractivity (Wildman–Crippen MR) is 53.1 cm³/mol. The third-order valence-corrected chi connectivity index (χ3v) is 2.25. The minimum absolute atomic E-state index is 0.0742. The van der Waals surface area contributed by atoms with Crippen molar-refractivity contribution < 1.29 is 5.11 Å². The molecule has 0 aliphatic carbocycles. The molecule has 1 heterocycles. The van der Waals surface area contributed by atoms with E-state index in [-0.39, 0.29) is 11.3 Å². The van der Waals surface area contributed by atoms with Gasteiger partial charge in [0.2, 0.25) is 0 Å². The van der Waals surface area contributed by atoms with Crippen LogP contribution in [0.3, 0.4) is 0 Å². The molecule has 1 N–H and O–H groups in total. The second kappa shape index (κ2) is 3.17. The van der Waals surface area contributed by atoms with Crippen LogP contribution in [0.25, 0.3) is 10.8 Å². The summed E-state index contributed by atoms with van der Waals surface area (Å²) in [5, 5.41) is 19.9. The van der Waals surface area contributed by atoms with Crippen LogP contribution in [-0.2, 0) is 0 Å². The molecule has 0 spiro atoms.